The summed E-state index contributed by atoms with van der Waals surface area (Å²) in [5.74, 6) is 0.567. The van der Waals surface area contributed by atoms with E-state index in [0.29, 0.717) is 17.4 Å². The molecule has 5 heteroatoms. The number of carbonyl (C=O) groups excluding carboxylic acids is 1. The van der Waals surface area contributed by atoms with Crippen molar-refractivity contribution in [3.05, 3.63) is 28.2 Å². The minimum absolute atomic E-state index is 0.00876. The summed E-state index contributed by atoms with van der Waals surface area (Å²) in [6.07, 6.45) is 1.55. The normalized spacial score (nSPS) is 15.8. The molecule has 0 spiro atoms. The van der Waals surface area contributed by atoms with Crippen LogP contribution in [0.3, 0.4) is 0 Å². The van der Waals surface area contributed by atoms with Crippen LogP contribution in [-0.4, -0.2) is 35.1 Å². The van der Waals surface area contributed by atoms with Gasteiger partial charge in [-0.05, 0) is 44.9 Å². The molecule has 0 heterocycles. The maximum Gasteiger partial charge on any atom is 0.260 e. The lowest BCUT2D eigenvalue weighted by Gasteiger charge is -2.21. The van der Waals surface area contributed by atoms with E-state index in [2.05, 4.69) is 15.9 Å². The number of amides is 1. The van der Waals surface area contributed by atoms with Crippen molar-refractivity contribution in [1.29, 1.82) is 0 Å². The van der Waals surface area contributed by atoms with Gasteiger partial charge in [-0.25, -0.2) is 0 Å². The Morgan fingerprint density at radius 1 is 1.55 bits per heavy atom. The second-order valence-corrected chi connectivity index (χ2v) is 5.97. The van der Waals surface area contributed by atoms with Crippen LogP contribution in [0, 0.1) is 0 Å². The number of aliphatic hydroxyl groups excluding tert-OH is 1. The van der Waals surface area contributed by atoms with Crippen LogP contribution in [0.25, 0.3) is 0 Å². The first-order valence-corrected chi connectivity index (χ1v) is 7.72. The minimum atomic E-state index is -0.636. The summed E-state index contributed by atoms with van der Waals surface area (Å²) in [5, 5.41) is 9.75. The van der Waals surface area contributed by atoms with Crippen LogP contribution in [0.1, 0.15) is 38.4 Å². The average Bonchev–Trinajstić information content (AvgIpc) is 3.22. The van der Waals surface area contributed by atoms with Gasteiger partial charge in [0.25, 0.3) is 5.91 Å². The zero-order valence-corrected chi connectivity index (χ0v) is 13.4. The highest BCUT2D eigenvalue weighted by atomic mass is 79.9. The van der Waals surface area contributed by atoms with Crippen molar-refractivity contribution in [2.45, 2.75) is 38.8 Å². The third kappa shape index (κ3) is 3.73. The Morgan fingerprint density at radius 2 is 2.25 bits per heavy atom. The van der Waals surface area contributed by atoms with Crippen molar-refractivity contribution < 1.29 is 14.6 Å². The van der Waals surface area contributed by atoms with Gasteiger partial charge in [0.2, 0.25) is 0 Å². The van der Waals surface area contributed by atoms with E-state index in [1.165, 1.54) is 0 Å². The largest absolute Gasteiger partial charge is 0.483 e. The van der Waals surface area contributed by atoms with E-state index in [1.54, 1.807) is 13.0 Å². The summed E-state index contributed by atoms with van der Waals surface area (Å²) in [7, 11) is 0. The third-order valence-electron chi connectivity index (χ3n) is 3.42. The van der Waals surface area contributed by atoms with E-state index in [9.17, 15) is 9.90 Å². The monoisotopic (exact) mass is 341 g/mol. The molecule has 1 N–H and O–H groups in total. The molecule has 1 saturated carbocycles. The van der Waals surface area contributed by atoms with Crippen LogP contribution in [0.2, 0.25) is 0 Å². The predicted molar refractivity (Wildman–Crippen MR) is 80.7 cm³/mol. The van der Waals surface area contributed by atoms with Gasteiger partial charge < -0.3 is 14.7 Å². The van der Waals surface area contributed by atoms with Gasteiger partial charge >= 0.3 is 0 Å². The molecule has 0 saturated heterocycles. The lowest BCUT2D eigenvalue weighted by atomic mass is 10.1. The van der Waals surface area contributed by atoms with Crippen LogP contribution in [0.4, 0.5) is 0 Å². The summed E-state index contributed by atoms with van der Waals surface area (Å²) >= 11 is 3.36. The molecule has 1 aliphatic carbocycles. The number of benzene rings is 1. The summed E-state index contributed by atoms with van der Waals surface area (Å²) in [6, 6.07) is 5.82. The molecular formula is C15H20BrNO3. The summed E-state index contributed by atoms with van der Waals surface area (Å²) in [5.41, 5.74) is 0.682. The molecule has 20 heavy (non-hydrogen) atoms. The van der Waals surface area contributed by atoms with Crippen LogP contribution in [0.5, 0.6) is 5.75 Å². The third-order valence-corrected chi connectivity index (χ3v) is 3.92. The molecule has 0 aromatic heterocycles. The van der Waals surface area contributed by atoms with Gasteiger partial charge in [-0.15, -0.1) is 0 Å². The van der Waals surface area contributed by atoms with Gasteiger partial charge in [-0.1, -0.05) is 15.9 Å². The molecule has 1 aromatic carbocycles. The topological polar surface area (TPSA) is 49.8 Å². The van der Waals surface area contributed by atoms with Gasteiger partial charge in [-0.3, -0.25) is 4.79 Å². The fraction of sp³-hybridized carbons (Fsp3) is 0.533. The average molecular weight is 342 g/mol. The smallest absolute Gasteiger partial charge is 0.260 e. The highest BCUT2D eigenvalue weighted by molar-refractivity contribution is 9.10. The number of rotatable bonds is 6. The zero-order chi connectivity index (χ0) is 14.7. The molecule has 0 radical (unpaired) electrons. The molecule has 2 rings (SSSR count). The molecule has 0 aliphatic heterocycles. The second kappa shape index (κ2) is 6.59. The first kappa shape index (κ1) is 15.3. The quantitative estimate of drug-likeness (QED) is 0.865. The molecule has 4 nitrogen and oxygen atoms in total. The molecule has 1 aromatic rings. The number of ether oxygens (including phenoxy) is 1. The maximum absolute atomic E-state index is 12.1. The molecule has 1 fully saturated rings. The summed E-state index contributed by atoms with van der Waals surface area (Å²) < 4.78 is 6.48. The van der Waals surface area contributed by atoms with E-state index in [4.69, 9.17) is 4.74 Å². The second-order valence-electron chi connectivity index (χ2n) is 5.06. The van der Waals surface area contributed by atoms with Crippen molar-refractivity contribution in [2.24, 2.45) is 0 Å². The van der Waals surface area contributed by atoms with Crippen LogP contribution < -0.4 is 4.74 Å². The van der Waals surface area contributed by atoms with Crippen molar-refractivity contribution in [3.8, 4) is 5.75 Å². The predicted octanol–water partition coefficient (Wildman–Crippen LogP) is 2.89. The van der Waals surface area contributed by atoms with Crippen LogP contribution in [0.15, 0.2) is 22.7 Å². The fourth-order valence-electron chi connectivity index (χ4n) is 2.22. The highest BCUT2D eigenvalue weighted by Crippen LogP contribution is 2.29. The summed E-state index contributed by atoms with van der Waals surface area (Å²) in [4.78, 5) is 14.0. The van der Waals surface area contributed by atoms with E-state index >= 15 is 0 Å². The molecule has 1 amide bonds. The summed E-state index contributed by atoms with van der Waals surface area (Å²) in [6.45, 7) is 4.40. The maximum atomic E-state index is 12.1. The Morgan fingerprint density at radius 3 is 2.80 bits per heavy atom. The first-order chi connectivity index (χ1) is 9.52. The zero-order valence-electron chi connectivity index (χ0n) is 11.8. The number of aliphatic hydroxyl groups is 1. The molecule has 0 unspecified atom stereocenters. The van der Waals surface area contributed by atoms with Crippen LogP contribution >= 0.6 is 15.9 Å². The Bertz CT molecular complexity index is 486. The van der Waals surface area contributed by atoms with Crippen molar-refractivity contribution in [1.82, 2.24) is 4.90 Å². The minimum Gasteiger partial charge on any atom is -0.483 e. The lowest BCUT2D eigenvalue weighted by molar-refractivity contribution is -0.133. The van der Waals surface area contributed by atoms with Gasteiger partial charge in [0.05, 0.1) is 6.10 Å². The van der Waals surface area contributed by atoms with Gasteiger partial charge in [0.1, 0.15) is 5.75 Å². The number of nitrogens with zero attached hydrogens (tertiary/aromatic N) is 1. The Hall–Kier alpha value is -1.07. The standard InChI is InChI=1S/C15H20BrNO3/c1-3-17(12-5-6-12)15(19)9-20-14-7-4-11(16)8-13(14)10(2)18/h4,7-8,10,12,18H,3,5-6,9H2,1-2H3/t10-/m0/s1. The number of carbonyl (C=O) groups is 1. The Labute approximate surface area is 127 Å². The molecular weight excluding hydrogens is 322 g/mol. The SMILES string of the molecule is CCN(C(=O)COc1ccc(Br)cc1[C@H](C)O)C1CC1. The lowest BCUT2D eigenvalue weighted by Crippen LogP contribution is -2.36. The number of halogens is 1. The molecule has 1 atom stereocenters. The van der Waals surface area contributed by atoms with Crippen LogP contribution in [-0.2, 0) is 4.79 Å². The first-order valence-electron chi connectivity index (χ1n) is 6.92. The Balaban J connectivity index is 2.01. The molecule has 0 bridgehead atoms. The number of hydrogen-bond acceptors (Lipinski definition) is 3. The molecule has 1 aliphatic rings. The fourth-order valence-corrected chi connectivity index (χ4v) is 2.60. The van der Waals surface area contributed by atoms with E-state index in [0.717, 1.165) is 23.9 Å². The van der Waals surface area contributed by atoms with E-state index in [-0.39, 0.29) is 12.5 Å². The Kier molecular flexibility index (Phi) is 5.05. The van der Waals surface area contributed by atoms with Gasteiger partial charge in [0, 0.05) is 22.6 Å². The van der Waals surface area contributed by atoms with Crippen molar-refractivity contribution in [2.75, 3.05) is 13.2 Å². The van der Waals surface area contributed by atoms with E-state index in [1.807, 2.05) is 24.0 Å². The highest BCUT2D eigenvalue weighted by Gasteiger charge is 2.31. The number of hydrogen-bond donors (Lipinski definition) is 1. The van der Waals surface area contributed by atoms with Gasteiger partial charge in [-0.2, -0.15) is 0 Å². The van der Waals surface area contributed by atoms with Gasteiger partial charge in [0.15, 0.2) is 6.61 Å². The molecule has 110 valence electrons. The number of likely N-dealkylation sites (N-methyl/N-ethyl adjacent to an activating group) is 1. The van der Waals surface area contributed by atoms with Crippen molar-refractivity contribution >= 4 is 21.8 Å². The van der Waals surface area contributed by atoms with E-state index < -0.39 is 6.10 Å². The van der Waals surface area contributed by atoms with Crippen molar-refractivity contribution in [3.63, 3.8) is 0 Å².